The van der Waals surface area contributed by atoms with Crippen molar-refractivity contribution in [3.63, 3.8) is 0 Å². The lowest BCUT2D eigenvalue weighted by molar-refractivity contribution is -0.123. The highest BCUT2D eigenvalue weighted by Gasteiger charge is 2.26. The van der Waals surface area contributed by atoms with Gasteiger partial charge in [0, 0.05) is 18.7 Å². The van der Waals surface area contributed by atoms with Crippen LogP contribution in [0.4, 0.5) is 0 Å². The van der Waals surface area contributed by atoms with Gasteiger partial charge in [-0.05, 0) is 24.1 Å². The van der Waals surface area contributed by atoms with Crippen molar-refractivity contribution in [1.82, 2.24) is 14.9 Å². The highest BCUT2D eigenvalue weighted by atomic mass is 32.2. The van der Waals surface area contributed by atoms with Gasteiger partial charge in [-0.2, -0.15) is 4.31 Å². The van der Waals surface area contributed by atoms with E-state index in [1.165, 1.54) is 28.6 Å². The molecule has 0 saturated heterocycles. The van der Waals surface area contributed by atoms with Crippen LogP contribution in [0, 0.1) is 18.3 Å². The SMILES string of the molecule is C#CCNC(=O)[C@H](NC(=O)c1cccc(S(=O)(=O)N(CC)CC)c1)C(C)C. The molecule has 27 heavy (non-hydrogen) atoms. The average Bonchev–Trinajstić information content (AvgIpc) is 2.64. The molecule has 148 valence electrons. The highest BCUT2D eigenvalue weighted by molar-refractivity contribution is 7.89. The lowest BCUT2D eigenvalue weighted by Crippen LogP contribution is -2.49. The molecular formula is C19H27N3O4S. The van der Waals surface area contributed by atoms with Crippen LogP contribution >= 0.6 is 0 Å². The first-order valence-corrected chi connectivity index (χ1v) is 10.2. The van der Waals surface area contributed by atoms with Crippen LogP contribution in [0.3, 0.4) is 0 Å². The molecule has 0 spiro atoms. The van der Waals surface area contributed by atoms with Crippen molar-refractivity contribution in [2.24, 2.45) is 5.92 Å². The van der Waals surface area contributed by atoms with Gasteiger partial charge in [-0.25, -0.2) is 8.42 Å². The van der Waals surface area contributed by atoms with Crippen molar-refractivity contribution in [1.29, 1.82) is 0 Å². The van der Waals surface area contributed by atoms with E-state index in [2.05, 4.69) is 16.6 Å². The summed E-state index contributed by atoms with van der Waals surface area (Å²) >= 11 is 0. The summed E-state index contributed by atoms with van der Waals surface area (Å²) in [6, 6.07) is 5.00. The minimum absolute atomic E-state index is 0.0386. The number of carbonyl (C=O) groups is 2. The minimum atomic E-state index is -3.68. The van der Waals surface area contributed by atoms with Gasteiger partial charge in [-0.15, -0.1) is 6.42 Å². The maximum absolute atomic E-state index is 12.6. The fourth-order valence-corrected chi connectivity index (χ4v) is 4.02. The van der Waals surface area contributed by atoms with Crippen LogP contribution in [0.2, 0.25) is 0 Å². The molecule has 0 aliphatic carbocycles. The Kier molecular flexibility index (Phi) is 8.47. The van der Waals surface area contributed by atoms with Crippen molar-refractivity contribution < 1.29 is 18.0 Å². The van der Waals surface area contributed by atoms with Gasteiger partial charge in [0.15, 0.2) is 0 Å². The maximum atomic E-state index is 12.6. The second-order valence-electron chi connectivity index (χ2n) is 6.23. The number of sulfonamides is 1. The molecule has 8 heteroatoms. The summed E-state index contributed by atoms with van der Waals surface area (Å²) in [5, 5.41) is 5.19. The third-order valence-electron chi connectivity index (χ3n) is 4.04. The Bertz CT molecular complexity index is 808. The molecule has 1 aromatic carbocycles. The molecule has 0 bridgehead atoms. The van der Waals surface area contributed by atoms with Gasteiger partial charge < -0.3 is 10.6 Å². The van der Waals surface area contributed by atoms with Crippen LogP contribution < -0.4 is 10.6 Å². The molecule has 0 radical (unpaired) electrons. The third-order valence-corrected chi connectivity index (χ3v) is 6.09. The van der Waals surface area contributed by atoms with E-state index in [1.54, 1.807) is 27.7 Å². The summed E-state index contributed by atoms with van der Waals surface area (Å²) in [6.45, 7) is 7.82. The Morgan fingerprint density at radius 3 is 2.37 bits per heavy atom. The summed E-state index contributed by atoms with van der Waals surface area (Å²) in [6.07, 6.45) is 5.14. The molecule has 1 rings (SSSR count). The van der Waals surface area contributed by atoms with E-state index in [0.29, 0.717) is 13.1 Å². The molecule has 0 aliphatic heterocycles. The first kappa shape index (κ1) is 22.7. The lowest BCUT2D eigenvalue weighted by Gasteiger charge is -2.22. The van der Waals surface area contributed by atoms with Gasteiger partial charge in [0.2, 0.25) is 15.9 Å². The molecule has 1 aromatic rings. The quantitative estimate of drug-likeness (QED) is 0.617. The van der Waals surface area contributed by atoms with Gasteiger partial charge in [0.25, 0.3) is 5.91 Å². The van der Waals surface area contributed by atoms with Crippen LogP contribution in [0.15, 0.2) is 29.2 Å². The monoisotopic (exact) mass is 393 g/mol. The Balaban J connectivity index is 3.08. The molecule has 0 saturated carbocycles. The Morgan fingerprint density at radius 1 is 1.22 bits per heavy atom. The Morgan fingerprint density at radius 2 is 1.85 bits per heavy atom. The first-order valence-electron chi connectivity index (χ1n) is 8.81. The molecule has 0 aromatic heterocycles. The number of nitrogens with one attached hydrogen (secondary N) is 2. The van der Waals surface area contributed by atoms with Crippen molar-refractivity contribution in [3.05, 3.63) is 29.8 Å². The van der Waals surface area contributed by atoms with Crippen LogP contribution in [-0.2, 0) is 14.8 Å². The van der Waals surface area contributed by atoms with E-state index in [9.17, 15) is 18.0 Å². The summed E-state index contributed by atoms with van der Waals surface area (Å²) in [5.74, 6) is 1.22. The number of terminal acetylenes is 1. The van der Waals surface area contributed by atoms with Crippen LogP contribution in [0.25, 0.3) is 0 Å². The number of rotatable bonds is 9. The van der Waals surface area contributed by atoms with E-state index >= 15 is 0 Å². The van der Waals surface area contributed by atoms with Gasteiger partial charge in [-0.3, -0.25) is 9.59 Å². The predicted octanol–water partition coefficient (Wildman–Crippen LogP) is 1.22. The average molecular weight is 394 g/mol. The summed E-state index contributed by atoms with van der Waals surface area (Å²) < 4.78 is 26.6. The fourth-order valence-electron chi connectivity index (χ4n) is 2.52. The van der Waals surface area contributed by atoms with Crippen molar-refractivity contribution >= 4 is 21.8 Å². The first-order chi connectivity index (χ1) is 12.7. The standard InChI is InChI=1S/C19H27N3O4S/c1-6-12-20-19(24)17(14(4)5)21-18(23)15-10-9-11-16(13-15)27(25,26)22(7-2)8-3/h1,9-11,13-14,17H,7-8,12H2,2-5H3,(H,20,24)(H,21,23)/t17-/m1/s1. The lowest BCUT2D eigenvalue weighted by atomic mass is 10.0. The molecule has 0 fully saturated rings. The summed E-state index contributed by atoms with van der Waals surface area (Å²) in [7, 11) is -3.68. The van der Waals surface area contributed by atoms with Crippen LogP contribution in [0.5, 0.6) is 0 Å². The number of carbonyl (C=O) groups excluding carboxylic acids is 2. The van der Waals surface area contributed by atoms with Gasteiger partial charge >= 0.3 is 0 Å². The second-order valence-corrected chi connectivity index (χ2v) is 8.17. The molecule has 0 unspecified atom stereocenters. The second kappa shape index (κ2) is 10.1. The zero-order valence-corrected chi connectivity index (χ0v) is 17.0. The van der Waals surface area contributed by atoms with E-state index in [1.807, 2.05) is 0 Å². The van der Waals surface area contributed by atoms with Crippen molar-refractivity contribution in [3.8, 4) is 12.3 Å². The Hall–Kier alpha value is -2.37. The fraction of sp³-hybridized carbons (Fsp3) is 0.474. The number of hydrogen-bond acceptors (Lipinski definition) is 4. The van der Waals surface area contributed by atoms with Gasteiger partial charge in [0.05, 0.1) is 11.4 Å². The van der Waals surface area contributed by atoms with E-state index in [4.69, 9.17) is 6.42 Å². The van der Waals surface area contributed by atoms with E-state index in [0.717, 1.165) is 0 Å². The maximum Gasteiger partial charge on any atom is 0.251 e. The summed E-state index contributed by atoms with van der Waals surface area (Å²) in [5.41, 5.74) is 0.165. The topological polar surface area (TPSA) is 95.6 Å². The van der Waals surface area contributed by atoms with Crippen LogP contribution in [-0.4, -0.2) is 50.2 Å². The van der Waals surface area contributed by atoms with Gasteiger partial charge in [0.1, 0.15) is 6.04 Å². The predicted molar refractivity (Wildman–Crippen MR) is 104 cm³/mol. The molecule has 0 heterocycles. The highest BCUT2D eigenvalue weighted by Crippen LogP contribution is 2.17. The van der Waals surface area contributed by atoms with Gasteiger partial charge in [-0.1, -0.05) is 39.7 Å². The molecular weight excluding hydrogens is 366 g/mol. The minimum Gasteiger partial charge on any atom is -0.343 e. The number of hydrogen-bond donors (Lipinski definition) is 2. The van der Waals surface area contributed by atoms with Crippen molar-refractivity contribution in [2.75, 3.05) is 19.6 Å². The molecule has 0 aliphatic rings. The molecule has 7 nitrogen and oxygen atoms in total. The third kappa shape index (κ3) is 5.81. The summed E-state index contributed by atoms with van der Waals surface area (Å²) in [4.78, 5) is 24.8. The normalized spacial score (nSPS) is 12.5. The zero-order valence-electron chi connectivity index (χ0n) is 16.2. The number of benzene rings is 1. The molecule has 1 atom stereocenters. The molecule has 2 amide bonds. The molecule has 2 N–H and O–H groups in total. The van der Waals surface area contributed by atoms with Crippen molar-refractivity contribution in [2.45, 2.75) is 38.6 Å². The smallest absolute Gasteiger partial charge is 0.251 e. The van der Waals surface area contributed by atoms with E-state index in [-0.39, 0.29) is 28.8 Å². The zero-order chi connectivity index (χ0) is 20.6. The number of nitrogens with zero attached hydrogens (tertiary/aromatic N) is 1. The Labute approximate surface area is 161 Å². The van der Waals surface area contributed by atoms with E-state index < -0.39 is 22.0 Å². The number of amides is 2. The largest absolute Gasteiger partial charge is 0.343 e. The van der Waals surface area contributed by atoms with Crippen LogP contribution in [0.1, 0.15) is 38.1 Å².